The van der Waals surface area contributed by atoms with Crippen molar-refractivity contribution in [2.45, 2.75) is 37.9 Å². The van der Waals surface area contributed by atoms with E-state index in [1.807, 2.05) is 0 Å². The first-order chi connectivity index (χ1) is 12.4. The summed E-state index contributed by atoms with van der Waals surface area (Å²) in [6.45, 7) is 3.03. The zero-order chi connectivity index (χ0) is 18.3. The molecule has 2 heterocycles. The van der Waals surface area contributed by atoms with E-state index < -0.39 is 11.7 Å². The van der Waals surface area contributed by atoms with E-state index in [0.717, 1.165) is 55.4 Å². The number of hydrogen-bond donors (Lipinski definition) is 1. The number of aromatic nitrogens is 1. The number of fused-ring (bicyclic) bond motifs is 2. The topological polar surface area (TPSA) is 32.6 Å². The van der Waals surface area contributed by atoms with Gasteiger partial charge < -0.3 is 10.2 Å². The van der Waals surface area contributed by atoms with Crippen LogP contribution in [-0.4, -0.2) is 42.2 Å². The van der Waals surface area contributed by atoms with Gasteiger partial charge in [-0.1, -0.05) is 6.42 Å². The highest BCUT2D eigenvalue weighted by Crippen LogP contribution is 2.44. The molecule has 8 heteroatoms. The lowest BCUT2D eigenvalue weighted by molar-refractivity contribution is -0.367. The molecule has 2 saturated carbocycles. The number of aromatic amines is 1. The van der Waals surface area contributed by atoms with Crippen LogP contribution < -0.4 is 15.2 Å². The van der Waals surface area contributed by atoms with E-state index in [9.17, 15) is 13.2 Å². The molecule has 142 valence electrons. The fourth-order valence-electron chi connectivity index (χ4n) is 4.61. The molecular formula is C18H24F3N4S+. The number of H-pyrrole nitrogens is 1. The molecule has 3 atom stereocenters. The van der Waals surface area contributed by atoms with E-state index in [2.05, 4.69) is 20.1 Å². The van der Waals surface area contributed by atoms with E-state index in [1.54, 1.807) is 0 Å². The van der Waals surface area contributed by atoms with Crippen LogP contribution in [0.25, 0.3) is 0 Å². The summed E-state index contributed by atoms with van der Waals surface area (Å²) in [5.41, 5.74) is -0.656. The highest BCUT2D eigenvalue weighted by Gasteiger charge is 2.40. The second-order valence-corrected chi connectivity index (χ2v) is 8.05. The van der Waals surface area contributed by atoms with Gasteiger partial charge in [0.25, 0.3) is 5.82 Å². The van der Waals surface area contributed by atoms with E-state index in [0.29, 0.717) is 11.9 Å². The third kappa shape index (κ3) is 3.61. The first-order valence-corrected chi connectivity index (χ1v) is 9.70. The number of nitrogens with zero attached hydrogens (tertiary/aromatic N) is 2. The van der Waals surface area contributed by atoms with E-state index >= 15 is 0 Å². The molecule has 1 saturated heterocycles. The maximum Gasteiger partial charge on any atom is 0.419 e. The number of anilines is 1. The molecule has 0 spiro atoms. The van der Waals surface area contributed by atoms with Crippen LogP contribution in [0.1, 0.15) is 31.2 Å². The highest BCUT2D eigenvalue weighted by molar-refractivity contribution is 7.80. The summed E-state index contributed by atoms with van der Waals surface area (Å²) >= 11 is 5.60. The number of piperazine rings is 1. The zero-order valence-electron chi connectivity index (χ0n) is 14.6. The van der Waals surface area contributed by atoms with Gasteiger partial charge in [-0.2, -0.15) is 13.2 Å². The zero-order valence-corrected chi connectivity index (χ0v) is 15.4. The summed E-state index contributed by atoms with van der Waals surface area (Å²) in [6.07, 6.45) is 2.00. The van der Waals surface area contributed by atoms with Crippen molar-refractivity contribution in [3.63, 3.8) is 0 Å². The average molecular weight is 385 g/mol. The number of halogens is 3. The number of hydrogen-bond acceptors (Lipinski definition) is 2. The van der Waals surface area contributed by atoms with Crippen molar-refractivity contribution >= 4 is 23.1 Å². The molecule has 0 amide bonds. The first kappa shape index (κ1) is 17.8. The second-order valence-electron chi connectivity index (χ2n) is 7.67. The number of rotatable bonds is 2. The molecule has 2 bridgehead atoms. The van der Waals surface area contributed by atoms with Crippen molar-refractivity contribution in [2.24, 2.45) is 11.8 Å². The predicted octanol–water partition coefficient (Wildman–Crippen LogP) is 2.70. The number of thiocarbonyl (C=S) groups is 1. The lowest BCUT2D eigenvalue weighted by Gasteiger charge is -2.35. The van der Waals surface area contributed by atoms with Crippen LogP contribution in [0.4, 0.5) is 19.0 Å². The molecule has 3 fully saturated rings. The van der Waals surface area contributed by atoms with Gasteiger partial charge in [0.05, 0.1) is 18.7 Å². The fraction of sp³-hybridized carbons (Fsp3) is 0.667. The smallest absolute Gasteiger partial charge is 0.360 e. The Morgan fingerprint density at radius 3 is 2.42 bits per heavy atom. The maximum absolute atomic E-state index is 12.7. The van der Waals surface area contributed by atoms with Gasteiger partial charge in [-0.05, 0) is 49.4 Å². The van der Waals surface area contributed by atoms with Crippen LogP contribution in [0, 0.1) is 11.8 Å². The summed E-state index contributed by atoms with van der Waals surface area (Å²) in [7, 11) is 0. The Morgan fingerprint density at radius 1 is 1.12 bits per heavy atom. The molecule has 1 aromatic heterocycles. The molecule has 4 rings (SSSR count). The van der Waals surface area contributed by atoms with Crippen molar-refractivity contribution in [1.82, 2.24) is 10.2 Å². The predicted molar refractivity (Wildman–Crippen MR) is 96.8 cm³/mol. The van der Waals surface area contributed by atoms with Gasteiger partial charge in [0.1, 0.15) is 19.3 Å². The van der Waals surface area contributed by atoms with Crippen molar-refractivity contribution in [3.8, 4) is 0 Å². The molecule has 2 aliphatic carbocycles. The molecule has 0 aromatic carbocycles. The average Bonchev–Trinajstić information content (AvgIpc) is 3.24. The quantitative estimate of drug-likeness (QED) is 0.794. The normalized spacial score (nSPS) is 28.5. The van der Waals surface area contributed by atoms with Gasteiger partial charge in [0.2, 0.25) is 0 Å². The Balaban J connectivity index is 1.29. The van der Waals surface area contributed by atoms with E-state index in [4.69, 9.17) is 12.2 Å². The van der Waals surface area contributed by atoms with Crippen LogP contribution in [0.15, 0.2) is 18.3 Å². The summed E-state index contributed by atoms with van der Waals surface area (Å²) < 4.78 is 38.0. The fourth-order valence-corrected chi connectivity index (χ4v) is 4.95. The molecule has 2 N–H and O–H groups in total. The SMILES string of the molecule is FC(F)(F)c1ccc(N2CCN(C(=S)N[C@H]3C[C@H]4CC[C@@H]3C4)CC2)[nH+]c1. The van der Waals surface area contributed by atoms with Gasteiger partial charge in [0, 0.05) is 12.1 Å². The minimum atomic E-state index is -4.31. The molecule has 0 unspecified atom stereocenters. The van der Waals surface area contributed by atoms with Crippen LogP contribution in [0.5, 0.6) is 0 Å². The summed E-state index contributed by atoms with van der Waals surface area (Å²) in [4.78, 5) is 7.02. The Labute approximate surface area is 156 Å². The minimum Gasteiger partial charge on any atom is -0.360 e. The standard InChI is InChI=1S/C18H23F3N4S/c19-18(20,21)14-3-4-16(22-11-14)24-5-7-25(8-6-24)17(26)23-15-10-12-1-2-13(15)9-12/h3-4,11-13,15H,1-2,5-10H2,(H,23,26)/p+1/t12-,13+,15-/m0/s1. The second kappa shape index (κ2) is 6.87. The number of pyridine rings is 1. The van der Waals surface area contributed by atoms with Gasteiger partial charge in [-0.25, -0.2) is 4.98 Å². The summed E-state index contributed by atoms with van der Waals surface area (Å²) in [5.74, 6) is 2.37. The van der Waals surface area contributed by atoms with Gasteiger partial charge >= 0.3 is 6.18 Å². The lowest BCUT2D eigenvalue weighted by Crippen LogP contribution is -2.54. The summed E-state index contributed by atoms with van der Waals surface area (Å²) in [5, 5.41) is 4.40. The third-order valence-electron chi connectivity index (χ3n) is 6.08. The largest absolute Gasteiger partial charge is 0.419 e. The van der Waals surface area contributed by atoms with Crippen molar-refractivity contribution < 1.29 is 18.2 Å². The molecule has 0 radical (unpaired) electrons. The van der Waals surface area contributed by atoms with Crippen LogP contribution in [0.3, 0.4) is 0 Å². The molecule has 1 aliphatic heterocycles. The molecule has 26 heavy (non-hydrogen) atoms. The highest BCUT2D eigenvalue weighted by atomic mass is 32.1. The van der Waals surface area contributed by atoms with Gasteiger partial charge in [0.15, 0.2) is 5.11 Å². The number of alkyl halides is 3. The minimum absolute atomic E-state index is 0.530. The summed E-state index contributed by atoms with van der Waals surface area (Å²) in [6, 6.07) is 3.16. The molecular weight excluding hydrogens is 361 g/mol. The molecule has 1 aromatic rings. The van der Waals surface area contributed by atoms with Crippen LogP contribution in [0.2, 0.25) is 0 Å². The van der Waals surface area contributed by atoms with Gasteiger partial charge in [-0.3, -0.25) is 4.90 Å². The van der Waals surface area contributed by atoms with E-state index in [-0.39, 0.29) is 0 Å². The third-order valence-corrected chi connectivity index (χ3v) is 6.45. The Morgan fingerprint density at radius 2 is 1.88 bits per heavy atom. The Kier molecular flexibility index (Phi) is 4.71. The van der Waals surface area contributed by atoms with E-state index in [1.165, 1.54) is 31.7 Å². The van der Waals surface area contributed by atoms with Crippen molar-refractivity contribution in [3.05, 3.63) is 23.9 Å². The monoisotopic (exact) mass is 385 g/mol. The molecule has 4 nitrogen and oxygen atoms in total. The number of nitrogens with one attached hydrogen (secondary N) is 2. The van der Waals surface area contributed by atoms with Crippen molar-refractivity contribution in [2.75, 3.05) is 31.1 Å². The van der Waals surface area contributed by atoms with Crippen LogP contribution >= 0.6 is 12.2 Å². The van der Waals surface area contributed by atoms with Gasteiger partial charge in [-0.15, -0.1) is 0 Å². The maximum atomic E-state index is 12.7. The molecule has 3 aliphatic rings. The lowest BCUT2D eigenvalue weighted by atomic mass is 9.95. The Hall–Kier alpha value is -1.57. The first-order valence-electron chi connectivity index (χ1n) is 9.29. The van der Waals surface area contributed by atoms with Crippen molar-refractivity contribution in [1.29, 1.82) is 0 Å². The Bertz CT molecular complexity index is 655. The van der Waals surface area contributed by atoms with Crippen LogP contribution in [-0.2, 0) is 6.18 Å².